The molecule has 5 heteroatoms. The number of phenolic OH excluding ortho intramolecular Hbond substituents is 1. The standard InChI is InChI=1S/C14H19NO4/c1-9(16)19-13-3-2-11(8-12(13)17)14(15)10-4-6-18-7-5-10/h2-3,8,10,14,17H,4-7,15H2,1H3/t14-/m0/s1. The lowest BCUT2D eigenvalue weighted by Gasteiger charge is -2.28. The number of carbonyl (C=O) groups excluding carboxylic acids is 1. The molecule has 1 saturated heterocycles. The molecule has 0 aliphatic carbocycles. The van der Waals surface area contributed by atoms with E-state index in [1.54, 1.807) is 18.2 Å². The number of hydrogen-bond donors (Lipinski definition) is 2. The fourth-order valence-electron chi connectivity index (χ4n) is 2.33. The van der Waals surface area contributed by atoms with E-state index in [4.69, 9.17) is 15.2 Å². The predicted octanol–water partition coefficient (Wildman–Crippen LogP) is 1.74. The van der Waals surface area contributed by atoms with Gasteiger partial charge >= 0.3 is 5.97 Å². The molecule has 1 aliphatic rings. The number of rotatable bonds is 3. The number of phenols is 1. The van der Waals surface area contributed by atoms with E-state index in [1.165, 1.54) is 6.92 Å². The summed E-state index contributed by atoms with van der Waals surface area (Å²) in [6.07, 6.45) is 1.85. The number of ether oxygens (including phenoxy) is 2. The van der Waals surface area contributed by atoms with Crippen LogP contribution in [0.2, 0.25) is 0 Å². The molecular weight excluding hydrogens is 246 g/mol. The molecule has 3 N–H and O–H groups in total. The second-order valence-electron chi connectivity index (χ2n) is 4.80. The first-order chi connectivity index (χ1) is 9.08. The van der Waals surface area contributed by atoms with E-state index in [2.05, 4.69) is 0 Å². The first kappa shape index (κ1) is 13.8. The highest BCUT2D eigenvalue weighted by Gasteiger charge is 2.23. The van der Waals surface area contributed by atoms with Gasteiger partial charge in [-0.3, -0.25) is 4.79 Å². The van der Waals surface area contributed by atoms with Crippen molar-refractivity contribution in [3.05, 3.63) is 23.8 Å². The lowest BCUT2D eigenvalue weighted by atomic mass is 9.88. The molecule has 0 aromatic heterocycles. The van der Waals surface area contributed by atoms with Gasteiger partial charge in [-0.2, -0.15) is 0 Å². The molecule has 1 fully saturated rings. The maximum absolute atomic E-state index is 10.9. The van der Waals surface area contributed by atoms with Gasteiger partial charge in [0, 0.05) is 26.2 Å². The zero-order chi connectivity index (χ0) is 13.8. The topological polar surface area (TPSA) is 81.8 Å². The van der Waals surface area contributed by atoms with Crippen molar-refractivity contribution in [2.24, 2.45) is 11.7 Å². The Morgan fingerprint density at radius 2 is 2.16 bits per heavy atom. The molecule has 1 atom stereocenters. The summed E-state index contributed by atoms with van der Waals surface area (Å²) in [4.78, 5) is 10.9. The third-order valence-electron chi connectivity index (χ3n) is 3.40. The van der Waals surface area contributed by atoms with E-state index in [0.717, 1.165) is 31.6 Å². The predicted molar refractivity (Wildman–Crippen MR) is 69.9 cm³/mol. The average Bonchev–Trinajstić information content (AvgIpc) is 2.41. The van der Waals surface area contributed by atoms with E-state index >= 15 is 0 Å². The molecule has 1 aromatic carbocycles. The van der Waals surface area contributed by atoms with Crippen molar-refractivity contribution < 1.29 is 19.4 Å². The first-order valence-electron chi connectivity index (χ1n) is 6.42. The number of nitrogens with two attached hydrogens (primary N) is 1. The van der Waals surface area contributed by atoms with Crippen molar-refractivity contribution in [3.8, 4) is 11.5 Å². The van der Waals surface area contributed by atoms with Gasteiger partial charge in [-0.05, 0) is 36.5 Å². The van der Waals surface area contributed by atoms with Crippen molar-refractivity contribution >= 4 is 5.97 Å². The molecular formula is C14H19NO4. The van der Waals surface area contributed by atoms with Crippen LogP contribution in [0.15, 0.2) is 18.2 Å². The normalized spacial score (nSPS) is 18.0. The van der Waals surface area contributed by atoms with Crippen LogP contribution in [-0.2, 0) is 9.53 Å². The molecule has 0 radical (unpaired) electrons. The minimum atomic E-state index is -0.461. The molecule has 0 bridgehead atoms. The number of benzene rings is 1. The molecule has 104 valence electrons. The summed E-state index contributed by atoms with van der Waals surface area (Å²) < 4.78 is 10.2. The van der Waals surface area contributed by atoms with Gasteiger partial charge in [0.2, 0.25) is 0 Å². The molecule has 0 saturated carbocycles. The van der Waals surface area contributed by atoms with Crippen molar-refractivity contribution in [3.63, 3.8) is 0 Å². The van der Waals surface area contributed by atoms with E-state index in [0.29, 0.717) is 5.92 Å². The molecule has 0 amide bonds. The van der Waals surface area contributed by atoms with Gasteiger partial charge in [-0.25, -0.2) is 0 Å². The van der Waals surface area contributed by atoms with E-state index in [-0.39, 0.29) is 17.5 Å². The molecule has 1 aliphatic heterocycles. The van der Waals surface area contributed by atoms with Crippen LogP contribution in [0.25, 0.3) is 0 Å². The number of esters is 1. The van der Waals surface area contributed by atoms with Crippen LogP contribution in [0, 0.1) is 5.92 Å². The molecule has 1 heterocycles. The summed E-state index contributed by atoms with van der Waals surface area (Å²) in [6.45, 7) is 2.76. The Hall–Kier alpha value is -1.59. The van der Waals surface area contributed by atoms with E-state index in [9.17, 15) is 9.90 Å². The van der Waals surface area contributed by atoms with Crippen LogP contribution < -0.4 is 10.5 Å². The highest BCUT2D eigenvalue weighted by Crippen LogP contribution is 2.33. The highest BCUT2D eigenvalue weighted by molar-refractivity contribution is 5.70. The minimum absolute atomic E-state index is 0.0600. The fourth-order valence-corrected chi connectivity index (χ4v) is 2.33. The SMILES string of the molecule is CC(=O)Oc1ccc([C@@H](N)C2CCOCC2)cc1O. The smallest absolute Gasteiger partial charge is 0.308 e. The lowest BCUT2D eigenvalue weighted by Crippen LogP contribution is -2.27. The molecule has 19 heavy (non-hydrogen) atoms. The zero-order valence-electron chi connectivity index (χ0n) is 11.0. The van der Waals surface area contributed by atoms with Crippen molar-refractivity contribution in [1.29, 1.82) is 0 Å². The monoisotopic (exact) mass is 265 g/mol. The van der Waals surface area contributed by atoms with Crippen LogP contribution in [0.1, 0.15) is 31.4 Å². The van der Waals surface area contributed by atoms with Gasteiger partial charge in [-0.1, -0.05) is 6.07 Å². The number of hydrogen-bond acceptors (Lipinski definition) is 5. The largest absolute Gasteiger partial charge is 0.504 e. The molecule has 2 rings (SSSR count). The second-order valence-corrected chi connectivity index (χ2v) is 4.80. The van der Waals surface area contributed by atoms with Gasteiger partial charge in [0.05, 0.1) is 0 Å². The molecule has 0 unspecified atom stereocenters. The van der Waals surface area contributed by atoms with Gasteiger partial charge in [-0.15, -0.1) is 0 Å². The maximum atomic E-state index is 10.9. The Balaban J connectivity index is 2.11. The van der Waals surface area contributed by atoms with Crippen LogP contribution in [0.4, 0.5) is 0 Å². The van der Waals surface area contributed by atoms with Crippen molar-refractivity contribution in [2.45, 2.75) is 25.8 Å². The van der Waals surface area contributed by atoms with Gasteiger partial charge in [0.25, 0.3) is 0 Å². The summed E-state index contributed by atoms with van der Waals surface area (Å²) in [5.74, 6) is -0.00450. The molecule has 1 aromatic rings. The Kier molecular flexibility index (Phi) is 4.39. The van der Waals surface area contributed by atoms with Crippen molar-refractivity contribution in [2.75, 3.05) is 13.2 Å². The Bertz CT molecular complexity index is 455. The van der Waals surface area contributed by atoms with Gasteiger partial charge < -0.3 is 20.3 Å². The summed E-state index contributed by atoms with van der Waals surface area (Å²) >= 11 is 0. The Morgan fingerprint density at radius 3 is 2.74 bits per heavy atom. The highest BCUT2D eigenvalue weighted by atomic mass is 16.5. The molecule has 0 spiro atoms. The summed E-state index contributed by atoms with van der Waals surface area (Å²) in [5.41, 5.74) is 7.06. The zero-order valence-corrected chi connectivity index (χ0v) is 11.0. The van der Waals surface area contributed by atoms with Crippen LogP contribution in [-0.4, -0.2) is 24.3 Å². The quantitative estimate of drug-likeness (QED) is 0.642. The number of aromatic hydroxyl groups is 1. The van der Waals surface area contributed by atoms with Crippen LogP contribution in [0.5, 0.6) is 11.5 Å². The molecule has 5 nitrogen and oxygen atoms in total. The Morgan fingerprint density at radius 1 is 1.47 bits per heavy atom. The average molecular weight is 265 g/mol. The second kappa shape index (κ2) is 6.04. The number of carbonyl (C=O) groups is 1. The Labute approximate surface area is 112 Å². The third-order valence-corrected chi connectivity index (χ3v) is 3.40. The van der Waals surface area contributed by atoms with Crippen LogP contribution in [0.3, 0.4) is 0 Å². The van der Waals surface area contributed by atoms with Crippen LogP contribution >= 0.6 is 0 Å². The van der Waals surface area contributed by atoms with E-state index in [1.807, 2.05) is 0 Å². The van der Waals surface area contributed by atoms with E-state index < -0.39 is 5.97 Å². The first-order valence-corrected chi connectivity index (χ1v) is 6.42. The van der Waals surface area contributed by atoms with Gasteiger partial charge in [0.15, 0.2) is 11.5 Å². The minimum Gasteiger partial charge on any atom is -0.504 e. The summed E-state index contributed by atoms with van der Waals surface area (Å²) in [5, 5.41) is 9.83. The maximum Gasteiger partial charge on any atom is 0.308 e. The lowest BCUT2D eigenvalue weighted by molar-refractivity contribution is -0.132. The van der Waals surface area contributed by atoms with Gasteiger partial charge in [0.1, 0.15) is 0 Å². The van der Waals surface area contributed by atoms with Crippen molar-refractivity contribution in [1.82, 2.24) is 0 Å². The third kappa shape index (κ3) is 3.45. The fraction of sp³-hybridized carbons (Fsp3) is 0.500. The summed E-state index contributed by atoms with van der Waals surface area (Å²) in [6, 6.07) is 4.79. The summed E-state index contributed by atoms with van der Waals surface area (Å²) in [7, 11) is 0.